The molecular weight excluding hydrogens is 458 g/mol. The lowest BCUT2D eigenvalue weighted by atomic mass is 10.1. The van der Waals surface area contributed by atoms with Crippen LogP contribution in [0.1, 0.15) is 53.0 Å². The zero-order chi connectivity index (χ0) is 25.3. The summed E-state index contributed by atoms with van der Waals surface area (Å²) in [6.45, 7) is 4.21. The Kier molecular flexibility index (Phi) is 8.73. The van der Waals surface area contributed by atoms with Crippen LogP contribution in [0.3, 0.4) is 0 Å². The lowest BCUT2D eigenvalue weighted by Crippen LogP contribution is -2.30. The standard InChI is InChI=1S/C28H33N3O5/c1-34-27(32)24-25(29-31(26(24)28(33)35-2)22-11-5-3-6-12-22)21-13-15-23(16-14-21)36-20-10-9-19-30-17-7-4-8-18-30/h3,5-6,11-16H,4,7-10,17-20H2,1-2H3. The first-order chi connectivity index (χ1) is 17.6. The average molecular weight is 492 g/mol. The molecule has 2 heterocycles. The molecule has 0 aliphatic carbocycles. The number of para-hydroxylation sites is 1. The summed E-state index contributed by atoms with van der Waals surface area (Å²) in [5.41, 5.74) is 1.69. The van der Waals surface area contributed by atoms with Crippen LogP contribution < -0.4 is 4.74 Å². The molecule has 1 fully saturated rings. The minimum Gasteiger partial charge on any atom is -0.494 e. The van der Waals surface area contributed by atoms with Gasteiger partial charge in [0.2, 0.25) is 0 Å². The Balaban J connectivity index is 1.51. The molecule has 36 heavy (non-hydrogen) atoms. The molecule has 1 aliphatic heterocycles. The second kappa shape index (κ2) is 12.4. The van der Waals surface area contributed by atoms with Gasteiger partial charge in [-0.05, 0) is 81.7 Å². The molecule has 0 amide bonds. The second-order valence-corrected chi connectivity index (χ2v) is 8.78. The zero-order valence-corrected chi connectivity index (χ0v) is 20.9. The van der Waals surface area contributed by atoms with Crippen LogP contribution in [-0.4, -0.2) is 67.1 Å². The molecule has 190 valence electrons. The number of likely N-dealkylation sites (tertiary alicyclic amines) is 1. The average Bonchev–Trinajstić information content (AvgIpc) is 3.34. The van der Waals surface area contributed by atoms with Crippen LogP contribution in [0.5, 0.6) is 5.75 Å². The molecule has 0 radical (unpaired) electrons. The number of nitrogens with zero attached hydrogens (tertiary/aromatic N) is 3. The fourth-order valence-electron chi connectivity index (χ4n) is 4.48. The van der Waals surface area contributed by atoms with Gasteiger partial charge in [-0.15, -0.1) is 0 Å². The predicted molar refractivity (Wildman–Crippen MR) is 137 cm³/mol. The van der Waals surface area contributed by atoms with Crippen molar-refractivity contribution in [3.63, 3.8) is 0 Å². The maximum absolute atomic E-state index is 12.8. The third-order valence-electron chi connectivity index (χ3n) is 6.37. The van der Waals surface area contributed by atoms with Gasteiger partial charge in [-0.1, -0.05) is 24.6 Å². The van der Waals surface area contributed by atoms with Gasteiger partial charge >= 0.3 is 11.9 Å². The molecule has 2 aromatic carbocycles. The first-order valence-electron chi connectivity index (χ1n) is 12.4. The number of hydrogen-bond acceptors (Lipinski definition) is 7. The number of methoxy groups -OCH3 is 2. The number of aromatic nitrogens is 2. The smallest absolute Gasteiger partial charge is 0.357 e. The number of esters is 2. The number of piperidine rings is 1. The van der Waals surface area contributed by atoms with Crippen molar-refractivity contribution in [3.05, 3.63) is 65.9 Å². The Hall–Kier alpha value is -3.65. The maximum Gasteiger partial charge on any atom is 0.357 e. The zero-order valence-electron chi connectivity index (χ0n) is 20.9. The molecule has 0 spiro atoms. The molecule has 0 bridgehead atoms. The third-order valence-corrected chi connectivity index (χ3v) is 6.37. The lowest BCUT2D eigenvalue weighted by Gasteiger charge is -2.26. The predicted octanol–water partition coefficient (Wildman–Crippen LogP) is 4.76. The molecule has 0 atom stereocenters. The Morgan fingerprint density at radius 1 is 0.861 bits per heavy atom. The summed E-state index contributed by atoms with van der Waals surface area (Å²) >= 11 is 0. The molecule has 8 heteroatoms. The van der Waals surface area contributed by atoms with Gasteiger partial charge in [0, 0.05) is 5.56 Å². The Labute approximate surface area is 211 Å². The van der Waals surface area contributed by atoms with E-state index in [-0.39, 0.29) is 11.3 Å². The van der Waals surface area contributed by atoms with Gasteiger partial charge in [0.05, 0.1) is 26.5 Å². The van der Waals surface area contributed by atoms with Crippen LogP contribution >= 0.6 is 0 Å². The van der Waals surface area contributed by atoms with Crippen molar-refractivity contribution in [2.75, 3.05) is 40.5 Å². The molecule has 3 aromatic rings. The summed E-state index contributed by atoms with van der Waals surface area (Å²) < 4.78 is 17.3. The van der Waals surface area contributed by atoms with Crippen molar-refractivity contribution in [1.29, 1.82) is 0 Å². The van der Waals surface area contributed by atoms with Gasteiger partial charge in [-0.3, -0.25) is 0 Å². The van der Waals surface area contributed by atoms with Crippen molar-refractivity contribution in [2.45, 2.75) is 32.1 Å². The Bertz CT molecular complexity index is 1150. The first-order valence-corrected chi connectivity index (χ1v) is 12.4. The highest BCUT2D eigenvalue weighted by molar-refractivity contribution is 6.06. The van der Waals surface area contributed by atoms with Crippen LogP contribution in [0.4, 0.5) is 0 Å². The minimum absolute atomic E-state index is 0.0135. The normalized spacial score (nSPS) is 13.8. The molecule has 0 unspecified atom stereocenters. The number of rotatable bonds is 10. The molecule has 0 N–H and O–H groups in total. The van der Waals surface area contributed by atoms with Crippen molar-refractivity contribution in [2.24, 2.45) is 0 Å². The van der Waals surface area contributed by atoms with Crippen LogP contribution in [-0.2, 0) is 9.47 Å². The SMILES string of the molecule is COC(=O)c1c(-c2ccc(OCCCCN3CCCCC3)cc2)nn(-c2ccccc2)c1C(=O)OC. The fourth-order valence-corrected chi connectivity index (χ4v) is 4.48. The first kappa shape index (κ1) is 25.4. The number of unbranched alkanes of at least 4 members (excludes halogenated alkanes) is 1. The van der Waals surface area contributed by atoms with E-state index < -0.39 is 11.9 Å². The van der Waals surface area contributed by atoms with E-state index in [1.165, 1.54) is 51.3 Å². The molecular formula is C28H33N3O5. The summed E-state index contributed by atoms with van der Waals surface area (Å²) in [6, 6.07) is 16.5. The van der Waals surface area contributed by atoms with E-state index in [1.807, 2.05) is 42.5 Å². The van der Waals surface area contributed by atoms with Gasteiger partial charge in [0.1, 0.15) is 17.0 Å². The van der Waals surface area contributed by atoms with E-state index in [0.717, 1.165) is 25.1 Å². The summed E-state index contributed by atoms with van der Waals surface area (Å²) in [5, 5.41) is 4.62. The van der Waals surface area contributed by atoms with E-state index in [9.17, 15) is 9.59 Å². The summed E-state index contributed by atoms with van der Waals surface area (Å²) in [5.74, 6) is -0.601. The molecule has 1 aliphatic rings. The Morgan fingerprint density at radius 2 is 1.56 bits per heavy atom. The van der Waals surface area contributed by atoms with Crippen molar-refractivity contribution >= 4 is 11.9 Å². The number of carbonyl (C=O) groups is 2. The maximum atomic E-state index is 12.8. The van der Waals surface area contributed by atoms with E-state index in [0.29, 0.717) is 23.6 Å². The van der Waals surface area contributed by atoms with Crippen molar-refractivity contribution in [3.8, 4) is 22.7 Å². The quantitative estimate of drug-likeness (QED) is 0.299. The summed E-state index contributed by atoms with van der Waals surface area (Å²) in [4.78, 5) is 28.0. The van der Waals surface area contributed by atoms with E-state index in [2.05, 4.69) is 10.00 Å². The van der Waals surface area contributed by atoms with Crippen LogP contribution in [0.2, 0.25) is 0 Å². The molecule has 8 nitrogen and oxygen atoms in total. The van der Waals surface area contributed by atoms with Crippen molar-refractivity contribution in [1.82, 2.24) is 14.7 Å². The van der Waals surface area contributed by atoms with E-state index in [4.69, 9.17) is 14.2 Å². The Morgan fingerprint density at radius 3 is 2.22 bits per heavy atom. The topological polar surface area (TPSA) is 82.9 Å². The molecule has 1 saturated heterocycles. The highest BCUT2D eigenvalue weighted by Crippen LogP contribution is 2.30. The summed E-state index contributed by atoms with van der Waals surface area (Å²) in [7, 11) is 2.54. The third kappa shape index (κ3) is 5.94. The van der Waals surface area contributed by atoms with Gasteiger partial charge < -0.3 is 19.1 Å². The molecule has 4 rings (SSSR count). The van der Waals surface area contributed by atoms with E-state index in [1.54, 1.807) is 12.1 Å². The van der Waals surface area contributed by atoms with Gasteiger partial charge in [-0.25, -0.2) is 14.3 Å². The highest BCUT2D eigenvalue weighted by Gasteiger charge is 2.31. The van der Waals surface area contributed by atoms with Crippen LogP contribution in [0.25, 0.3) is 16.9 Å². The minimum atomic E-state index is -0.678. The number of carbonyl (C=O) groups excluding carboxylic acids is 2. The number of ether oxygens (including phenoxy) is 3. The monoisotopic (exact) mass is 491 g/mol. The fraction of sp³-hybridized carbons (Fsp3) is 0.393. The molecule has 0 saturated carbocycles. The van der Waals surface area contributed by atoms with Gasteiger partial charge in [0.15, 0.2) is 5.69 Å². The second-order valence-electron chi connectivity index (χ2n) is 8.78. The molecule has 1 aromatic heterocycles. The highest BCUT2D eigenvalue weighted by atomic mass is 16.5. The number of hydrogen-bond donors (Lipinski definition) is 0. The van der Waals surface area contributed by atoms with Crippen molar-refractivity contribution < 1.29 is 23.8 Å². The van der Waals surface area contributed by atoms with Crippen LogP contribution in [0, 0.1) is 0 Å². The summed E-state index contributed by atoms with van der Waals surface area (Å²) in [6.07, 6.45) is 6.09. The lowest BCUT2D eigenvalue weighted by molar-refractivity contribution is 0.0549. The number of benzene rings is 2. The van der Waals surface area contributed by atoms with Gasteiger partial charge in [0.25, 0.3) is 0 Å². The van der Waals surface area contributed by atoms with E-state index >= 15 is 0 Å². The van der Waals surface area contributed by atoms with Crippen LogP contribution in [0.15, 0.2) is 54.6 Å². The van der Waals surface area contributed by atoms with Gasteiger partial charge in [-0.2, -0.15) is 5.10 Å². The largest absolute Gasteiger partial charge is 0.494 e.